The van der Waals surface area contributed by atoms with Crippen LogP contribution in [-0.2, 0) is 0 Å². The third-order valence-corrected chi connectivity index (χ3v) is 3.70. The van der Waals surface area contributed by atoms with Crippen molar-refractivity contribution in [1.82, 2.24) is 20.3 Å². The normalized spacial score (nSPS) is 15.7. The van der Waals surface area contributed by atoms with Gasteiger partial charge in [0.05, 0.1) is 18.5 Å². The number of benzene rings is 1. The van der Waals surface area contributed by atoms with E-state index in [4.69, 9.17) is 0 Å². The smallest absolute Gasteiger partial charge is 0.273 e. The van der Waals surface area contributed by atoms with Gasteiger partial charge in [-0.2, -0.15) is 9.90 Å². The summed E-state index contributed by atoms with van der Waals surface area (Å²) in [6.07, 6.45) is 3.20. The number of hydrogen-bond acceptors (Lipinski definition) is 4. The molecule has 1 aromatic heterocycles. The first kappa shape index (κ1) is 13.7. The molecule has 7 heteroatoms. The van der Waals surface area contributed by atoms with Gasteiger partial charge in [0.15, 0.2) is 5.69 Å². The molecule has 1 amide bonds. The Hall–Kier alpha value is -2.28. The monoisotopic (exact) mass is 290 g/mol. The molecule has 1 fully saturated rings. The molecule has 0 bridgehead atoms. The molecule has 1 saturated carbocycles. The molecule has 1 heterocycles. The number of nitrogens with one attached hydrogen (secondary N) is 1. The van der Waals surface area contributed by atoms with Gasteiger partial charge in [-0.3, -0.25) is 4.79 Å². The topological polar surface area (TPSA) is 80.0 Å². The maximum Gasteiger partial charge on any atom is 0.273 e. The molecule has 21 heavy (non-hydrogen) atoms. The van der Waals surface area contributed by atoms with E-state index < -0.39 is 0 Å². The van der Waals surface area contributed by atoms with Crippen LogP contribution >= 0.6 is 0 Å². The zero-order valence-electron chi connectivity index (χ0n) is 11.3. The summed E-state index contributed by atoms with van der Waals surface area (Å²) in [5, 5.41) is 20.0. The molecule has 110 valence electrons. The second-order valence-corrected chi connectivity index (χ2v) is 5.34. The van der Waals surface area contributed by atoms with Crippen molar-refractivity contribution in [3.05, 3.63) is 42.0 Å². The van der Waals surface area contributed by atoms with Crippen LogP contribution in [0.25, 0.3) is 5.69 Å². The Balaban J connectivity index is 1.66. The highest BCUT2D eigenvalue weighted by molar-refractivity contribution is 5.91. The van der Waals surface area contributed by atoms with E-state index in [1.165, 1.54) is 35.3 Å². The lowest BCUT2D eigenvalue weighted by molar-refractivity contribution is 0.0930. The first-order valence-electron chi connectivity index (χ1n) is 6.69. The van der Waals surface area contributed by atoms with Gasteiger partial charge >= 0.3 is 0 Å². The maximum absolute atomic E-state index is 12.9. The van der Waals surface area contributed by atoms with Gasteiger partial charge in [0, 0.05) is 12.0 Å². The molecular weight excluding hydrogens is 275 g/mol. The predicted octanol–water partition coefficient (Wildman–Crippen LogP) is 0.909. The Labute approximate surface area is 120 Å². The largest absolute Gasteiger partial charge is 0.396 e. The highest BCUT2D eigenvalue weighted by Gasteiger charge is 2.42. The van der Waals surface area contributed by atoms with Crippen molar-refractivity contribution in [1.29, 1.82) is 0 Å². The second kappa shape index (κ2) is 5.25. The molecule has 0 unspecified atom stereocenters. The van der Waals surface area contributed by atoms with E-state index in [9.17, 15) is 14.3 Å². The van der Waals surface area contributed by atoms with Gasteiger partial charge in [0.1, 0.15) is 5.82 Å². The van der Waals surface area contributed by atoms with Crippen molar-refractivity contribution in [2.24, 2.45) is 5.41 Å². The first-order valence-corrected chi connectivity index (χ1v) is 6.69. The number of aromatic nitrogens is 3. The van der Waals surface area contributed by atoms with E-state index in [2.05, 4.69) is 15.5 Å². The highest BCUT2D eigenvalue weighted by atomic mass is 19.1. The second-order valence-electron chi connectivity index (χ2n) is 5.34. The average Bonchev–Trinajstić information content (AvgIpc) is 3.12. The quantitative estimate of drug-likeness (QED) is 0.857. The minimum absolute atomic E-state index is 0.0789. The van der Waals surface area contributed by atoms with E-state index in [-0.39, 0.29) is 29.4 Å². The van der Waals surface area contributed by atoms with Crippen LogP contribution in [-0.4, -0.2) is 39.2 Å². The lowest BCUT2D eigenvalue weighted by Gasteiger charge is -2.11. The van der Waals surface area contributed by atoms with Gasteiger partial charge in [0.25, 0.3) is 5.91 Å². The lowest BCUT2D eigenvalue weighted by Crippen LogP contribution is -2.32. The molecule has 1 aliphatic carbocycles. The number of carbonyl (C=O) groups is 1. The zero-order valence-corrected chi connectivity index (χ0v) is 11.3. The van der Waals surface area contributed by atoms with E-state index in [0.717, 1.165) is 12.8 Å². The van der Waals surface area contributed by atoms with Crippen molar-refractivity contribution >= 4 is 5.91 Å². The van der Waals surface area contributed by atoms with Crippen molar-refractivity contribution < 1.29 is 14.3 Å². The third kappa shape index (κ3) is 2.92. The number of hydrogen-bond donors (Lipinski definition) is 2. The van der Waals surface area contributed by atoms with Crippen LogP contribution in [0.15, 0.2) is 30.5 Å². The standard InChI is InChI=1S/C14H15FN4O2/c15-10-1-3-11(4-2-10)19-17-7-12(18-19)13(21)16-8-14(9-20)5-6-14/h1-4,7,20H,5-6,8-9H2,(H,16,21). The first-order chi connectivity index (χ1) is 10.1. The average molecular weight is 290 g/mol. The molecule has 1 aliphatic rings. The number of rotatable bonds is 5. The lowest BCUT2D eigenvalue weighted by atomic mass is 10.1. The Kier molecular flexibility index (Phi) is 3.42. The number of aliphatic hydroxyl groups excluding tert-OH is 1. The zero-order chi connectivity index (χ0) is 14.9. The van der Waals surface area contributed by atoms with Gasteiger partial charge in [-0.15, -0.1) is 5.10 Å². The molecule has 0 atom stereocenters. The third-order valence-electron chi connectivity index (χ3n) is 3.70. The molecule has 0 saturated heterocycles. The molecule has 0 aliphatic heterocycles. The van der Waals surface area contributed by atoms with Crippen molar-refractivity contribution in [3.8, 4) is 5.69 Å². The molecule has 3 rings (SSSR count). The fourth-order valence-corrected chi connectivity index (χ4v) is 1.99. The van der Waals surface area contributed by atoms with E-state index in [1.807, 2.05) is 0 Å². The van der Waals surface area contributed by atoms with Crippen LogP contribution in [0.5, 0.6) is 0 Å². The minimum Gasteiger partial charge on any atom is -0.396 e. The van der Waals surface area contributed by atoms with E-state index in [1.54, 1.807) is 0 Å². The van der Waals surface area contributed by atoms with E-state index >= 15 is 0 Å². The number of aliphatic hydroxyl groups is 1. The Morgan fingerprint density at radius 1 is 1.38 bits per heavy atom. The summed E-state index contributed by atoms with van der Waals surface area (Å²) in [6.45, 7) is 0.515. The van der Waals surface area contributed by atoms with Gasteiger partial charge in [-0.25, -0.2) is 4.39 Å². The Bertz CT molecular complexity index is 649. The Morgan fingerprint density at radius 2 is 2.10 bits per heavy atom. The van der Waals surface area contributed by atoms with Crippen LogP contribution in [0.1, 0.15) is 23.3 Å². The summed E-state index contributed by atoms with van der Waals surface area (Å²) in [7, 11) is 0. The number of carbonyl (C=O) groups excluding carboxylic acids is 1. The summed E-state index contributed by atoms with van der Waals surface area (Å²) in [6, 6.07) is 5.66. The summed E-state index contributed by atoms with van der Waals surface area (Å²) >= 11 is 0. The number of halogens is 1. The molecular formula is C14H15FN4O2. The number of nitrogens with zero attached hydrogens (tertiary/aromatic N) is 3. The molecule has 2 aromatic rings. The Morgan fingerprint density at radius 3 is 2.71 bits per heavy atom. The molecule has 6 nitrogen and oxygen atoms in total. The number of amides is 1. The van der Waals surface area contributed by atoms with Gasteiger partial charge in [0.2, 0.25) is 0 Å². The summed E-state index contributed by atoms with van der Waals surface area (Å²) in [4.78, 5) is 13.2. The van der Waals surface area contributed by atoms with Gasteiger partial charge < -0.3 is 10.4 Å². The van der Waals surface area contributed by atoms with Crippen LogP contribution in [0.2, 0.25) is 0 Å². The van der Waals surface area contributed by atoms with Crippen LogP contribution < -0.4 is 5.32 Å². The van der Waals surface area contributed by atoms with Gasteiger partial charge in [-0.1, -0.05) is 0 Å². The van der Waals surface area contributed by atoms with Crippen molar-refractivity contribution in [3.63, 3.8) is 0 Å². The van der Waals surface area contributed by atoms with Crippen LogP contribution in [0.4, 0.5) is 4.39 Å². The molecule has 0 radical (unpaired) electrons. The van der Waals surface area contributed by atoms with Crippen molar-refractivity contribution in [2.75, 3.05) is 13.2 Å². The SMILES string of the molecule is O=C(NCC1(CO)CC1)c1cnn(-c2ccc(F)cc2)n1. The van der Waals surface area contributed by atoms with Crippen molar-refractivity contribution in [2.45, 2.75) is 12.8 Å². The van der Waals surface area contributed by atoms with Crippen LogP contribution in [0.3, 0.4) is 0 Å². The molecule has 2 N–H and O–H groups in total. The van der Waals surface area contributed by atoms with Crippen LogP contribution in [0, 0.1) is 11.2 Å². The predicted molar refractivity (Wildman–Crippen MR) is 72.4 cm³/mol. The fourth-order valence-electron chi connectivity index (χ4n) is 1.99. The summed E-state index contributed by atoms with van der Waals surface area (Å²) in [5.74, 6) is -0.675. The molecule has 0 spiro atoms. The van der Waals surface area contributed by atoms with Gasteiger partial charge in [-0.05, 0) is 37.1 Å². The summed E-state index contributed by atoms with van der Waals surface area (Å²) < 4.78 is 12.9. The van der Waals surface area contributed by atoms with E-state index in [0.29, 0.717) is 12.2 Å². The minimum atomic E-state index is -0.345. The molecule has 1 aromatic carbocycles. The fraction of sp³-hybridized carbons (Fsp3) is 0.357. The maximum atomic E-state index is 12.9. The summed E-state index contributed by atoms with van der Waals surface area (Å²) in [5.41, 5.74) is 0.611. The highest BCUT2D eigenvalue weighted by Crippen LogP contribution is 2.44.